The Kier molecular flexibility index (Phi) is 5.04. The molecule has 0 spiro atoms. The van der Waals surface area contributed by atoms with Gasteiger partial charge in [0.1, 0.15) is 0 Å². The second-order valence-corrected chi connectivity index (χ2v) is 6.44. The van der Waals surface area contributed by atoms with Crippen LogP contribution in [0.1, 0.15) is 39.3 Å². The molecule has 0 aromatic heterocycles. The lowest BCUT2D eigenvalue weighted by molar-refractivity contribution is 0.760. The van der Waals surface area contributed by atoms with E-state index in [1.807, 2.05) is 0 Å². The molecule has 0 radical (unpaired) electrons. The van der Waals surface area contributed by atoms with E-state index in [0.29, 0.717) is 5.92 Å². The minimum atomic E-state index is 0.538. The van der Waals surface area contributed by atoms with E-state index in [2.05, 4.69) is 80.0 Å². The van der Waals surface area contributed by atoms with Crippen molar-refractivity contribution >= 4 is 15.9 Å². The van der Waals surface area contributed by atoms with Gasteiger partial charge in [0.25, 0.3) is 0 Å². The molecule has 2 rings (SSSR count). The standard InChI is InChI=1S/C19H23Br/c1-13-9-15(3)19(16(4)10-13)11-17(12-20)18-8-6-5-7-14(18)2/h5-10,17H,11-12H2,1-4H3. The molecule has 0 fully saturated rings. The van der Waals surface area contributed by atoms with Crippen molar-refractivity contribution in [2.24, 2.45) is 0 Å². The Morgan fingerprint density at radius 2 is 1.50 bits per heavy atom. The summed E-state index contributed by atoms with van der Waals surface area (Å²) in [7, 11) is 0. The monoisotopic (exact) mass is 330 g/mol. The van der Waals surface area contributed by atoms with E-state index in [4.69, 9.17) is 0 Å². The molecule has 2 aromatic carbocycles. The molecule has 0 saturated heterocycles. The van der Waals surface area contributed by atoms with Gasteiger partial charge in [-0.05, 0) is 67.9 Å². The highest BCUT2D eigenvalue weighted by atomic mass is 79.9. The first-order valence-corrected chi connectivity index (χ1v) is 8.33. The van der Waals surface area contributed by atoms with Crippen molar-refractivity contribution in [2.75, 3.05) is 5.33 Å². The molecule has 0 bridgehead atoms. The maximum atomic E-state index is 3.71. The highest BCUT2D eigenvalue weighted by Gasteiger charge is 2.15. The fraction of sp³-hybridized carbons (Fsp3) is 0.368. The zero-order chi connectivity index (χ0) is 14.7. The molecule has 20 heavy (non-hydrogen) atoms. The normalized spacial score (nSPS) is 12.4. The Morgan fingerprint density at radius 3 is 2.05 bits per heavy atom. The quantitative estimate of drug-likeness (QED) is 0.636. The Morgan fingerprint density at radius 1 is 0.900 bits per heavy atom. The van der Waals surface area contributed by atoms with E-state index in [-0.39, 0.29) is 0 Å². The lowest BCUT2D eigenvalue weighted by Gasteiger charge is -2.20. The minimum absolute atomic E-state index is 0.538. The second-order valence-electron chi connectivity index (χ2n) is 5.79. The zero-order valence-electron chi connectivity index (χ0n) is 12.8. The summed E-state index contributed by atoms with van der Waals surface area (Å²) >= 11 is 3.71. The van der Waals surface area contributed by atoms with Crippen molar-refractivity contribution in [1.29, 1.82) is 0 Å². The first kappa shape index (κ1) is 15.3. The van der Waals surface area contributed by atoms with Gasteiger partial charge in [-0.25, -0.2) is 0 Å². The Bertz CT molecular complexity index is 575. The number of halogens is 1. The molecule has 2 aromatic rings. The lowest BCUT2D eigenvalue weighted by atomic mass is 9.87. The SMILES string of the molecule is Cc1cc(C)c(CC(CBr)c2ccccc2C)c(C)c1. The molecular weight excluding hydrogens is 308 g/mol. The molecular formula is C19H23Br. The highest BCUT2D eigenvalue weighted by molar-refractivity contribution is 9.09. The van der Waals surface area contributed by atoms with Gasteiger partial charge >= 0.3 is 0 Å². The summed E-state index contributed by atoms with van der Waals surface area (Å²) in [5, 5.41) is 1.00. The summed E-state index contributed by atoms with van der Waals surface area (Å²) in [6.45, 7) is 8.85. The maximum Gasteiger partial charge on any atom is 0.0103 e. The Balaban J connectivity index is 2.35. The van der Waals surface area contributed by atoms with E-state index in [9.17, 15) is 0 Å². The van der Waals surface area contributed by atoms with Crippen LogP contribution < -0.4 is 0 Å². The van der Waals surface area contributed by atoms with Crippen LogP contribution >= 0.6 is 15.9 Å². The average Bonchev–Trinajstić information content (AvgIpc) is 2.39. The molecule has 0 aliphatic heterocycles. The van der Waals surface area contributed by atoms with Crippen molar-refractivity contribution in [3.8, 4) is 0 Å². The summed E-state index contributed by atoms with van der Waals surface area (Å²) in [6, 6.07) is 13.3. The third kappa shape index (κ3) is 3.32. The molecule has 0 saturated carbocycles. The number of alkyl halides is 1. The highest BCUT2D eigenvalue weighted by Crippen LogP contribution is 2.29. The number of rotatable bonds is 4. The topological polar surface area (TPSA) is 0 Å². The van der Waals surface area contributed by atoms with Gasteiger partial charge in [0.15, 0.2) is 0 Å². The Hall–Kier alpha value is -1.08. The van der Waals surface area contributed by atoms with E-state index in [1.165, 1.54) is 33.4 Å². The first-order valence-electron chi connectivity index (χ1n) is 7.21. The fourth-order valence-corrected chi connectivity index (χ4v) is 3.65. The van der Waals surface area contributed by atoms with Crippen LogP contribution in [0.2, 0.25) is 0 Å². The number of hydrogen-bond donors (Lipinski definition) is 0. The molecule has 0 aliphatic rings. The smallest absolute Gasteiger partial charge is 0.0103 e. The number of benzene rings is 2. The van der Waals surface area contributed by atoms with Crippen LogP contribution in [0.4, 0.5) is 0 Å². The van der Waals surface area contributed by atoms with E-state index >= 15 is 0 Å². The molecule has 0 aliphatic carbocycles. The van der Waals surface area contributed by atoms with E-state index < -0.39 is 0 Å². The van der Waals surface area contributed by atoms with Gasteiger partial charge < -0.3 is 0 Å². The van der Waals surface area contributed by atoms with Crippen LogP contribution in [0, 0.1) is 27.7 Å². The summed E-state index contributed by atoms with van der Waals surface area (Å²) in [6.07, 6.45) is 1.11. The first-order chi connectivity index (χ1) is 9.52. The van der Waals surface area contributed by atoms with Gasteiger partial charge in [0, 0.05) is 5.33 Å². The third-order valence-electron chi connectivity index (χ3n) is 4.11. The predicted molar refractivity (Wildman–Crippen MR) is 92.1 cm³/mol. The molecule has 1 heteroatoms. The van der Waals surface area contributed by atoms with Gasteiger partial charge in [-0.3, -0.25) is 0 Å². The zero-order valence-corrected chi connectivity index (χ0v) is 14.4. The van der Waals surface area contributed by atoms with Crippen LogP contribution in [0.3, 0.4) is 0 Å². The summed E-state index contributed by atoms with van der Waals surface area (Å²) in [4.78, 5) is 0. The van der Waals surface area contributed by atoms with Crippen molar-refractivity contribution in [3.63, 3.8) is 0 Å². The molecule has 0 heterocycles. The van der Waals surface area contributed by atoms with Crippen LogP contribution in [0.5, 0.6) is 0 Å². The van der Waals surface area contributed by atoms with Crippen molar-refractivity contribution in [3.05, 3.63) is 69.8 Å². The molecule has 1 atom stereocenters. The Labute approximate surface area is 131 Å². The molecule has 1 unspecified atom stereocenters. The van der Waals surface area contributed by atoms with Gasteiger partial charge in [-0.2, -0.15) is 0 Å². The van der Waals surface area contributed by atoms with Crippen molar-refractivity contribution < 1.29 is 0 Å². The predicted octanol–water partition coefficient (Wildman–Crippen LogP) is 5.64. The van der Waals surface area contributed by atoms with Gasteiger partial charge in [-0.15, -0.1) is 0 Å². The van der Waals surface area contributed by atoms with Crippen LogP contribution in [0.15, 0.2) is 36.4 Å². The van der Waals surface area contributed by atoms with Gasteiger partial charge in [-0.1, -0.05) is 57.9 Å². The summed E-state index contributed by atoms with van der Waals surface area (Å²) in [5.74, 6) is 0.538. The van der Waals surface area contributed by atoms with Crippen LogP contribution in [-0.4, -0.2) is 5.33 Å². The molecule has 0 amide bonds. The number of aryl methyl sites for hydroxylation is 4. The fourth-order valence-electron chi connectivity index (χ4n) is 3.07. The van der Waals surface area contributed by atoms with Crippen LogP contribution in [-0.2, 0) is 6.42 Å². The largest absolute Gasteiger partial charge is 0.0921 e. The molecule has 0 nitrogen and oxygen atoms in total. The van der Waals surface area contributed by atoms with Crippen LogP contribution in [0.25, 0.3) is 0 Å². The lowest BCUT2D eigenvalue weighted by Crippen LogP contribution is -2.09. The second kappa shape index (κ2) is 6.58. The minimum Gasteiger partial charge on any atom is -0.0921 e. The van der Waals surface area contributed by atoms with Gasteiger partial charge in [0.05, 0.1) is 0 Å². The summed E-state index contributed by atoms with van der Waals surface area (Å²) < 4.78 is 0. The number of hydrogen-bond acceptors (Lipinski definition) is 0. The molecule has 0 N–H and O–H groups in total. The van der Waals surface area contributed by atoms with E-state index in [1.54, 1.807) is 0 Å². The summed E-state index contributed by atoms with van der Waals surface area (Å²) in [5.41, 5.74) is 8.55. The molecule has 106 valence electrons. The average molecular weight is 331 g/mol. The van der Waals surface area contributed by atoms with Gasteiger partial charge in [0.2, 0.25) is 0 Å². The third-order valence-corrected chi connectivity index (χ3v) is 4.89. The van der Waals surface area contributed by atoms with Crippen molar-refractivity contribution in [1.82, 2.24) is 0 Å². The maximum absolute atomic E-state index is 3.71. The van der Waals surface area contributed by atoms with E-state index in [0.717, 1.165) is 11.8 Å². The van der Waals surface area contributed by atoms with Crippen molar-refractivity contribution in [2.45, 2.75) is 40.0 Å².